The van der Waals surface area contributed by atoms with Gasteiger partial charge in [-0.3, -0.25) is 10.1 Å². The highest BCUT2D eigenvalue weighted by Gasteiger charge is 2.12. The smallest absolute Gasteiger partial charge is 0.259 e. The Bertz CT molecular complexity index is 567. The highest BCUT2D eigenvalue weighted by molar-refractivity contribution is 7.09. The molecule has 0 bridgehead atoms. The summed E-state index contributed by atoms with van der Waals surface area (Å²) in [7, 11) is 0. The summed E-state index contributed by atoms with van der Waals surface area (Å²) in [6.07, 6.45) is 0. The second-order valence-electron chi connectivity index (χ2n) is 3.37. The van der Waals surface area contributed by atoms with Gasteiger partial charge in [-0.05, 0) is 25.1 Å². The molecule has 1 amide bonds. The molecule has 0 atom stereocenters. The Balaban J connectivity index is 2.22. The number of nitrogens with zero attached hydrogens (tertiary/aromatic N) is 2. The summed E-state index contributed by atoms with van der Waals surface area (Å²) in [5.41, 5.74) is 6.14. The van der Waals surface area contributed by atoms with Gasteiger partial charge in [-0.2, -0.15) is 4.37 Å². The molecule has 6 nitrogen and oxygen atoms in total. The number of carbonyl (C=O) groups is 1. The molecule has 0 saturated heterocycles. The van der Waals surface area contributed by atoms with Crippen molar-refractivity contribution in [1.82, 2.24) is 9.36 Å². The maximum absolute atomic E-state index is 11.8. The number of phenols is 1. The molecule has 0 fully saturated rings. The number of hydrogen-bond donors (Lipinski definition) is 3. The Hall–Kier alpha value is -2.15. The second kappa shape index (κ2) is 4.38. The summed E-state index contributed by atoms with van der Waals surface area (Å²) in [6, 6.07) is 4.19. The summed E-state index contributed by atoms with van der Waals surface area (Å²) < 4.78 is 3.94. The Kier molecular flexibility index (Phi) is 2.92. The van der Waals surface area contributed by atoms with Gasteiger partial charge >= 0.3 is 0 Å². The SMILES string of the molecule is Cc1nsc(NC(=O)c2cc(O)ccc2N)n1. The molecular weight excluding hydrogens is 240 g/mol. The molecule has 1 aromatic carbocycles. The quantitative estimate of drug-likeness (QED) is 0.552. The molecule has 7 heteroatoms. The van der Waals surface area contributed by atoms with Gasteiger partial charge in [-0.25, -0.2) is 4.98 Å². The van der Waals surface area contributed by atoms with E-state index in [4.69, 9.17) is 5.73 Å². The van der Waals surface area contributed by atoms with Crippen molar-refractivity contribution in [2.45, 2.75) is 6.92 Å². The van der Waals surface area contributed by atoms with Gasteiger partial charge in [-0.15, -0.1) is 0 Å². The number of nitrogen functional groups attached to an aromatic ring is 1. The first-order chi connectivity index (χ1) is 8.06. The molecule has 0 spiro atoms. The molecule has 1 heterocycles. The topological polar surface area (TPSA) is 101 Å². The van der Waals surface area contributed by atoms with Crippen LogP contribution in [0.4, 0.5) is 10.8 Å². The van der Waals surface area contributed by atoms with Crippen LogP contribution in [-0.4, -0.2) is 20.4 Å². The zero-order valence-electron chi connectivity index (χ0n) is 8.97. The molecule has 0 aliphatic heterocycles. The van der Waals surface area contributed by atoms with Crippen LogP contribution in [0.2, 0.25) is 0 Å². The normalized spacial score (nSPS) is 10.2. The van der Waals surface area contributed by atoms with Crippen LogP contribution in [0.5, 0.6) is 5.75 Å². The predicted octanol–water partition coefficient (Wildman–Crippen LogP) is 1.39. The van der Waals surface area contributed by atoms with Crippen molar-refractivity contribution in [3.63, 3.8) is 0 Å². The lowest BCUT2D eigenvalue weighted by Crippen LogP contribution is -2.13. The number of nitrogens with two attached hydrogens (primary N) is 1. The van der Waals surface area contributed by atoms with Crippen LogP contribution >= 0.6 is 11.5 Å². The predicted molar refractivity (Wildman–Crippen MR) is 65.1 cm³/mol. The molecule has 17 heavy (non-hydrogen) atoms. The summed E-state index contributed by atoms with van der Waals surface area (Å²) in [4.78, 5) is 15.8. The number of nitrogens with one attached hydrogen (secondary N) is 1. The minimum absolute atomic E-state index is 0.0159. The van der Waals surface area contributed by atoms with Crippen molar-refractivity contribution < 1.29 is 9.90 Å². The molecule has 0 aliphatic carbocycles. The van der Waals surface area contributed by atoms with Crippen molar-refractivity contribution >= 4 is 28.3 Å². The lowest BCUT2D eigenvalue weighted by Gasteiger charge is -2.05. The highest BCUT2D eigenvalue weighted by Crippen LogP contribution is 2.20. The third-order valence-corrected chi connectivity index (χ3v) is 2.75. The minimum Gasteiger partial charge on any atom is -0.508 e. The van der Waals surface area contributed by atoms with E-state index in [1.165, 1.54) is 18.2 Å². The van der Waals surface area contributed by atoms with Crippen molar-refractivity contribution in [3.8, 4) is 5.75 Å². The van der Waals surface area contributed by atoms with Crippen LogP contribution in [0.3, 0.4) is 0 Å². The molecule has 0 unspecified atom stereocenters. The van der Waals surface area contributed by atoms with Gasteiger partial charge in [0.1, 0.15) is 11.6 Å². The number of aryl methyl sites for hydroxylation is 1. The average molecular weight is 250 g/mol. The average Bonchev–Trinajstić information content (AvgIpc) is 2.67. The lowest BCUT2D eigenvalue weighted by atomic mass is 10.1. The van der Waals surface area contributed by atoms with Crippen molar-refractivity contribution in [2.24, 2.45) is 0 Å². The summed E-state index contributed by atoms with van der Waals surface area (Å²) in [5, 5.41) is 12.3. The van der Waals surface area contributed by atoms with Crippen molar-refractivity contribution in [3.05, 3.63) is 29.6 Å². The van der Waals surface area contributed by atoms with Gasteiger partial charge in [0.25, 0.3) is 5.91 Å². The van der Waals surface area contributed by atoms with Crippen LogP contribution in [0.1, 0.15) is 16.2 Å². The van der Waals surface area contributed by atoms with E-state index >= 15 is 0 Å². The Morgan fingerprint density at radius 1 is 1.53 bits per heavy atom. The first-order valence-corrected chi connectivity index (χ1v) is 5.54. The molecular formula is C10H10N4O2S. The zero-order chi connectivity index (χ0) is 12.4. The number of benzene rings is 1. The molecule has 2 rings (SSSR count). The third kappa shape index (κ3) is 2.51. The lowest BCUT2D eigenvalue weighted by molar-refractivity contribution is 0.102. The number of amides is 1. The number of hydrogen-bond acceptors (Lipinski definition) is 6. The van der Waals surface area contributed by atoms with Gasteiger partial charge in [0.2, 0.25) is 5.13 Å². The number of aromatic hydroxyl groups is 1. The number of rotatable bonds is 2. The number of anilines is 2. The van der Waals surface area contributed by atoms with Crippen LogP contribution in [-0.2, 0) is 0 Å². The van der Waals surface area contributed by atoms with Crippen LogP contribution < -0.4 is 11.1 Å². The first kappa shape index (κ1) is 11.3. The Morgan fingerprint density at radius 2 is 2.29 bits per heavy atom. The first-order valence-electron chi connectivity index (χ1n) is 4.76. The van der Waals surface area contributed by atoms with Gasteiger partial charge < -0.3 is 10.8 Å². The fourth-order valence-corrected chi connectivity index (χ4v) is 1.82. The maximum atomic E-state index is 11.8. The molecule has 4 N–H and O–H groups in total. The van der Waals surface area contributed by atoms with E-state index in [9.17, 15) is 9.90 Å². The van der Waals surface area contributed by atoms with E-state index in [2.05, 4.69) is 14.7 Å². The van der Waals surface area contributed by atoms with Crippen LogP contribution in [0.15, 0.2) is 18.2 Å². The fraction of sp³-hybridized carbons (Fsp3) is 0.100. The number of carbonyl (C=O) groups excluding carboxylic acids is 1. The van der Waals surface area contributed by atoms with Crippen molar-refractivity contribution in [2.75, 3.05) is 11.1 Å². The van der Waals surface area contributed by atoms with E-state index in [1.54, 1.807) is 6.92 Å². The minimum atomic E-state index is -0.422. The van der Waals surface area contributed by atoms with Gasteiger partial charge in [-0.1, -0.05) is 0 Å². The number of phenolic OH excluding ortho intramolecular Hbond substituents is 1. The van der Waals surface area contributed by atoms with Gasteiger partial charge in [0.15, 0.2) is 0 Å². The molecule has 0 saturated carbocycles. The van der Waals surface area contributed by atoms with Crippen LogP contribution in [0.25, 0.3) is 0 Å². The molecule has 88 valence electrons. The summed E-state index contributed by atoms with van der Waals surface area (Å²) >= 11 is 1.09. The molecule has 2 aromatic rings. The van der Waals surface area contributed by atoms with E-state index in [0.29, 0.717) is 16.6 Å². The van der Waals surface area contributed by atoms with Crippen molar-refractivity contribution in [1.29, 1.82) is 0 Å². The second-order valence-corrected chi connectivity index (χ2v) is 4.12. The Morgan fingerprint density at radius 3 is 2.94 bits per heavy atom. The molecule has 0 radical (unpaired) electrons. The largest absolute Gasteiger partial charge is 0.508 e. The third-order valence-electron chi connectivity index (χ3n) is 2.03. The van der Waals surface area contributed by atoms with Crippen LogP contribution in [0, 0.1) is 6.92 Å². The number of aromatic nitrogens is 2. The van der Waals surface area contributed by atoms with Gasteiger partial charge in [0.05, 0.1) is 5.56 Å². The van der Waals surface area contributed by atoms with E-state index < -0.39 is 5.91 Å². The maximum Gasteiger partial charge on any atom is 0.259 e. The molecule has 1 aromatic heterocycles. The van der Waals surface area contributed by atoms with E-state index in [1.807, 2.05) is 0 Å². The standard InChI is InChI=1S/C10H10N4O2S/c1-5-12-10(17-14-5)13-9(16)7-4-6(15)2-3-8(7)11/h2-4,15H,11H2,1H3,(H,12,13,14,16). The monoisotopic (exact) mass is 250 g/mol. The zero-order valence-corrected chi connectivity index (χ0v) is 9.78. The van der Waals surface area contributed by atoms with Gasteiger partial charge in [0, 0.05) is 17.2 Å². The summed E-state index contributed by atoms with van der Waals surface area (Å²) in [6.45, 7) is 1.73. The molecule has 0 aliphatic rings. The highest BCUT2D eigenvalue weighted by atomic mass is 32.1. The summed E-state index contributed by atoms with van der Waals surface area (Å²) in [5.74, 6) is 0.154. The van der Waals surface area contributed by atoms with E-state index in [-0.39, 0.29) is 11.3 Å². The fourth-order valence-electron chi connectivity index (χ4n) is 1.25. The Labute approximate surface area is 101 Å². The van der Waals surface area contributed by atoms with E-state index in [0.717, 1.165) is 11.5 Å².